The van der Waals surface area contributed by atoms with Gasteiger partial charge in [-0.1, -0.05) is 18.6 Å². The topological polar surface area (TPSA) is 32.8 Å². The Hall–Kier alpha value is -1.69. The van der Waals surface area contributed by atoms with Crippen LogP contribution in [0, 0.1) is 11.8 Å². The van der Waals surface area contributed by atoms with Gasteiger partial charge in [-0.2, -0.15) is 8.78 Å². The molecule has 3 heterocycles. The predicted molar refractivity (Wildman–Crippen MR) is 93.9 cm³/mol. The third-order valence-corrected chi connectivity index (χ3v) is 6.13. The zero-order valence-corrected chi connectivity index (χ0v) is 14.9. The van der Waals surface area contributed by atoms with Crippen molar-refractivity contribution < 1.29 is 18.3 Å². The summed E-state index contributed by atoms with van der Waals surface area (Å²) in [5.74, 6) is 1.37. The van der Waals surface area contributed by atoms with Crippen LogP contribution in [0.3, 0.4) is 0 Å². The summed E-state index contributed by atoms with van der Waals surface area (Å²) in [6.07, 6.45) is 5.62. The van der Waals surface area contributed by atoms with Crippen molar-refractivity contribution in [3.63, 3.8) is 0 Å². The van der Waals surface area contributed by atoms with Crippen LogP contribution >= 0.6 is 0 Å². The molecule has 6 heteroatoms. The van der Waals surface area contributed by atoms with E-state index in [4.69, 9.17) is 0 Å². The monoisotopic (exact) mass is 364 g/mol. The number of nitrogens with zero attached hydrogens (tertiary/aromatic N) is 2. The normalized spacial score (nSPS) is 26.7. The number of amides is 1. The lowest BCUT2D eigenvalue weighted by atomic mass is 9.84. The minimum atomic E-state index is -2.79. The maximum Gasteiger partial charge on any atom is 0.387 e. The summed E-state index contributed by atoms with van der Waals surface area (Å²) < 4.78 is 28.9. The molecule has 26 heavy (non-hydrogen) atoms. The van der Waals surface area contributed by atoms with Gasteiger partial charge in [0.05, 0.1) is 0 Å². The van der Waals surface area contributed by atoms with E-state index in [2.05, 4.69) is 14.5 Å². The summed E-state index contributed by atoms with van der Waals surface area (Å²) in [6.45, 7) is 0.735. The Morgan fingerprint density at radius 1 is 1.08 bits per heavy atom. The fourth-order valence-corrected chi connectivity index (χ4v) is 4.48. The summed E-state index contributed by atoms with van der Waals surface area (Å²) in [6, 6.07) is 7.31. The van der Waals surface area contributed by atoms with Crippen LogP contribution in [0.25, 0.3) is 0 Å². The lowest BCUT2D eigenvalue weighted by Gasteiger charge is -2.36. The Morgan fingerprint density at radius 3 is 2.50 bits per heavy atom. The molecular weight excluding hydrogens is 338 g/mol. The van der Waals surface area contributed by atoms with Crippen LogP contribution in [-0.2, 0) is 11.3 Å². The quantitative estimate of drug-likeness (QED) is 0.802. The van der Waals surface area contributed by atoms with Gasteiger partial charge in [0.1, 0.15) is 5.75 Å². The van der Waals surface area contributed by atoms with Crippen molar-refractivity contribution in [2.24, 2.45) is 11.8 Å². The molecule has 2 bridgehead atoms. The number of benzene rings is 1. The summed E-state index contributed by atoms with van der Waals surface area (Å²) in [5, 5.41) is 0. The first kappa shape index (κ1) is 17.7. The number of alkyl halides is 2. The fourth-order valence-electron chi connectivity index (χ4n) is 4.48. The zero-order valence-electron chi connectivity index (χ0n) is 14.9. The number of ether oxygens (including phenoxy) is 1. The van der Waals surface area contributed by atoms with Gasteiger partial charge in [0.15, 0.2) is 0 Å². The number of halogens is 2. The van der Waals surface area contributed by atoms with E-state index in [9.17, 15) is 13.6 Å². The molecule has 1 aromatic rings. The lowest BCUT2D eigenvalue weighted by molar-refractivity contribution is -0.138. The number of fused-ring (bicyclic) bond motifs is 4. The van der Waals surface area contributed by atoms with Crippen molar-refractivity contribution in [3.05, 3.63) is 29.8 Å². The third kappa shape index (κ3) is 3.85. The summed E-state index contributed by atoms with van der Waals surface area (Å²) in [4.78, 5) is 17.3. The van der Waals surface area contributed by atoms with Crippen LogP contribution in [-0.4, -0.2) is 48.0 Å². The number of piperidine rings is 1. The van der Waals surface area contributed by atoms with Gasteiger partial charge in [0.25, 0.3) is 0 Å². The van der Waals surface area contributed by atoms with Gasteiger partial charge in [-0.25, -0.2) is 0 Å². The Kier molecular flexibility index (Phi) is 5.11. The second kappa shape index (κ2) is 7.51. The van der Waals surface area contributed by atoms with Crippen LogP contribution < -0.4 is 4.74 Å². The number of rotatable bonds is 5. The summed E-state index contributed by atoms with van der Waals surface area (Å²) >= 11 is 0. The number of hydrogen-bond acceptors (Lipinski definition) is 3. The van der Waals surface area contributed by atoms with Crippen molar-refractivity contribution in [2.45, 2.75) is 51.3 Å². The highest BCUT2D eigenvalue weighted by Gasteiger charge is 2.39. The van der Waals surface area contributed by atoms with E-state index in [1.165, 1.54) is 12.8 Å². The van der Waals surface area contributed by atoms with Gasteiger partial charge in [0.2, 0.25) is 5.91 Å². The van der Waals surface area contributed by atoms with Crippen molar-refractivity contribution >= 4 is 5.91 Å². The highest BCUT2D eigenvalue weighted by molar-refractivity contribution is 5.79. The molecule has 1 aliphatic carbocycles. The Bertz CT molecular complexity index is 633. The molecule has 0 unspecified atom stereocenters. The SMILES string of the molecule is O=C(C1CCC1)N1C[C@@H]2CC[C@H](C1)N(Cc1ccc(OC(F)F)cc1)C2. The first-order valence-electron chi connectivity index (χ1n) is 9.65. The molecule has 3 saturated heterocycles. The highest BCUT2D eigenvalue weighted by atomic mass is 19.3. The van der Waals surface area contributed by atoms with Gasteiger partial charge in [0, 0.05) is 38.1 Å². The summed E-state index contributed by atoms with van der Waals surface area (Å²) in [7, 11) is 0. The minimum Gasteiger partial charge on any atom is -0.435 e. The molecule has 0 N–H and O–H groups in total. The van der Waals surface area contributed by atoms with Crippen LogP contribution in [0.4, 0.5) is 8.78 Å². The van der Waals surface area contributed by atoms with Crippen LogP contribution in [0.2, 0.25) is 0 Å². The molecule has 0 aromatic heterocycles. The second-order valence-electron chi connectivity index (χ2n) is 7.92. The smallest absolute Gasteiger partial charge is 0.387 e. The first-order chi connectivity index (χ1) is 12.6. The van der Waals surface area contributed by atoms with E-state index in [0.717, 1.165) is 51.0 Å². The average Bonchev–Trinajstić information content (AvgIpc) is 2.86. The van der Waals surface area contributed by atoms with Crippen molar-refractivity contribution in [1.29, 1.82) is 0 Å². The second-order valence-corrected chi connectivity index (χ2v) is 7.92. The highest BCUT2D eigenvalue weighted by Crippen LogP contribution is 2.33. The first-order valence-corrected chi connectivity index (χ1v) is 9.65. The molecule has 0 spiro atoms. The molecule has 3 aliphatic heterocycles. The Labute approximate surface area is 153 Å². The maximum absolute atomic E-state index is 12.7. The van der Waals surface area contributed by atoms with E-state index < -0.39 is 6.61 Å². The zero-order chi connectivity index (χ0) is 18.1. The fraction of sp³-hybridized carbons (Fsp3) is 0.650. The molecule has 4 fully saturated rings. The van der Waals surface area contributed by atoms with Crippen LogP contribution in [0.1, 0.15) is 37.7 Å². The molecule has 4 aliphatic rings. The molecule has 0 radical (unpaired) electrons. The minimum absolute atomic E-state index is 0.193. The predicted octanol–water partition coefficient (Wildman–Crippen LogP) is 3.51. The molecule has 1 aromatic carbocycles. The maximum atomic E-state index is 12.7. The van der Waals surface area contributed by atoms with Gasteiger partial charge in [-0.3, -0.25) is 9.69 Å². The van der Waals surface area contributed by atoms with E-state index in [1.54, 1.807) is 12.1 Å². The molecular formula is C20H26F2N2O2. The van der Waals surface area contributed by atoms with Gasteiger partial charge < -0.3 is 9.64 Å². The number of carbonyl (C=O) groups excluding carboxylic acids is 1. The average molecular weight is 364 g/mol. The van der Waals surface area contributed by atoms with Crippen molar-refractivity contribution in [2.75, 3.05) is 19.6 Å². The number of carbonyl (C=O) groups is 1. The molecule has 4 nitrogen and oxygen atoms in total. The van der Waals surface area contributed by atoms with E-state index >= 15 is 0 Å². The van der Waals surface area contributed by atoms with Gasteiger partial charge in [-0.15, -0.1) is 0 Å². The van der Waals surface area contributed by atoms with Crippen molar-refractivity contribution in [1.82, 2.24) is 9.80 Å². The molecule has 142 valence electrons. The van der Waals surface area contributed by atoms with E-state index in [1.807, 2.05) is 12.1 Å². The molecule has 1 saturated carbocycles. The van der Waals surface area contributed by atoms with Gasteiger partial charge in [-0.05, 0) is 49.3 Å². The number of hydrogen-bond donors (Lipinski definition) is 0. The lowest BCUT2D eigenvalue weighted by Crippen LogP contribution is -2.45. The molecule has 5 rings (SSSR count). The van der Waals surface area contributed by atoms with Gasteiger partial charge >= 0.3 is 6.61 Å². The van der Waals surface area contributed by atoms with E-state index in [-0.39, 0.29) is 11.7 Å². The Balaban J connectivity index is 1.39. The van der Waals surface area contributed by atoms with Crippen LogP contribution in [0.15, 0.2) is 24.3 Å². The van der Waals surface area contributed by atoms with Crippen molar-refractivity contribution in [3.8, 4) is 5.75 Å². The largest absolute Gasteiger partial charge is 0.435 e. The van der Waals surface area contributed by atoms with Crippen LogP contribution in [0.5, 0.6) is 5.75 Å². The Morgan fingerprint density at radius 2 is 1.85 bits per heavy atom. The standard InChI is InChI=1S/C20H26F2N2O2/c21-20(22)26-18-8-5-14(6-9-18)10-23-11-15-4-7-17(23)13-24(12-15)19(25)16-2-1-3-16/h5-6,8-9,15-17,20H,1-4,7,10-13H2/t15-,17-/m1/s1. The van der Waals surface area contributed by atoms with E-state index in [0.29, 0.717) is 17.9 Å². The molecule has 1 amide bonds. The third-order valence-electron chi connectivity index (χ3n) is 6.13. The molecule has 2 atom stereocenters. The summed E-state index contributed by atoms with van der Waals surface area (Å²) in [5.41, 5.74) is 1.09.